The minimum atomic E-state index is -0.929. The minimum Gasteiger partial charge on any atom is -0.480 e. The average molecular weight is 338 g/mol. The normalized spacial score (nSPS) is 16.7. The molecular formula is C16H26N4O4. The van der Waals surface area contributed by atoms with Crippen LogP contribution in [0.15, 0.2) is 17.1 Å². The molecule has 8 nitrogen and oxygen atoms in total. The van der Waals surface area contributed by atoms with E-state index in [1.54, 1.807) is 18.0 Å². The van der Waals surface area contributed by atoms with Crippen molar-refractivity contribution in [1.82, 2.24) is 9.80 Å². The molecular weight excluding hydrogens is 312 g/mol. The third-order valence-corrected chi connectivity index (χ3v) is 3.52. The van der Waals surface area contributed by atoms with Gasteiger partial charge in [-0.15, -0.1) is 0 Å². The predicted octanol–water partition coefficient (Wildman–Crippen LogP) is 0.589. The second kappa shape index (κ2) is 10.7. The van der Waals surface area contributed by atoms with Gasteiger partial charge >= 0.3 is 11.9 Å². The molecule has 0 aromatic heterocycles. The van der Waals surface area contributed by atoms with E-state index in [2.05, 4.69) is 4.99 Å². The van der Waals surface area contributed by atoms with E-state index < -0.39 is 11.9 Å². The van der Waals surface area contributed by atoms with E-state index in [0.717, 1.165) is 6.42 Å². The number of carboxylic acid groups (broad SMARTS) is 2. The minimum absolute atomic E-state index is 0.0573. The number of carboxylic acids is 2. The molecule has 134 valence electrons. The Hall–Kier alpha value is -2.06. The van der Waals surface area contributed by atoms with Gasteiger partial charge in [0, 0.05) is 38.1 Å². The fourth-order valence-corrected chi connectivity index (χ4v) is 2.63. The molecule has 1 atom stereocenters. The van der Waals surface area contributed by atoms with Crippen molar-refractivity contribution >= 4 is 23.9 Å². The number of rotatable bonds is 12. The third kappa shape index (κ3) is 9.16. The van der Waals surface area contributed by atoms with Gasteiger partial charge < -0.3 is 15.6 Å². The lowest BCUT2D eigenvalue weighted by molar-refractivity contribution is -0.138. The van der Waals surface area contributed by atoms with Crippen LogP contribution in [0.25, 0.3) is 0 Å². The molecule has 0 aromatic carbocycles. The highest BCUT2D eigenvalue weighted by Crippen LogP contribution is 2.07. The van der Waals surface area contributed by atoms with E-state index in [-0.39, 0.29) is 19.1 Å². The standard InChI is InChI=1S/C16H26N4O4/c1-13(17)9-19(11-15(21)22)7-4-8-20(12-16(23)24)10-14-5-2-3-6-18-14/h2-3,6,14,17H,4-5,7-12H2,1H3,(H,21,22)(H,23,24). The van der Waals surface area contributed by atoms with Crippen molar-refractivity contribution in [1.29, 1.82) is 5.41 Å². The highest BCUT2D eigenvalue weighted by molar-refractivity contribution is 5.81. The van der Waals surface area contributed by atoms with Gasteiger partial charge in [0.25, 0.3) is 0 Å². The molecule has 0 radical (unpaired) electrons. The van der Waals surface area contributed by atoms with Gasteiger partial charge in [0.1, 0.15) is 0 Å². The smallest absolute Gasteiger partial charge is 0.317 e. The SMILES string of the molecule is CC(=N)CN(CCCN(CC(=O)O)CC1CC=CC=N1)CC(=O)O. The van der Waals surface area contributed by atoms with Crippen LogP contribution < -0.4 is 0 Å². The van der Waals surface area contributed by atoms with Gasteiger partial charge in [0.2, 0.25) is 0 Å². The van der Waals surface area contributed by atoms with E-state index >= 15 is 0 Å². The van der Waals surface area contributed by atoms with Crippen molar-refractivity contribution in [2.75, 3.05) is 39.3 Å². The van der Waals surface area contributed by atoms with Crippen LogP contribution in [0.3, 0.4) is 0 Å². The summed E-state index contributed by atoms with van der Waals surface area (Å²) in [6.07, 6.45) is 7.05. The number of hydrogen-bond donors (Lipinski definition) is 3. The van der Waals surface area contributed by atoms with Gasteiger partial charge in [0.15, 0.2) is 0 Å². The average Bonchev–Trinajstić information content (AvgIpc) is 2.46. The van der Waals surface area contributed by atoms with Crippen LogP contribution in [0.1, 0.15) is 19.8 Å². The van der Waals surface area contributed by atoms with Crippen LogP contribution in [0.4, 0.5) is 0 Å². The summed E-state index contributed by atoms with van der Waals surface area (Å²) < 4.78 is 0. The van der Waals surface area contributed by atoms with E-state index in [1.807, 2.05) is 17.1 Å². The fraction of sp³-hybridized carbons (Fsp3) is 0.625. The Labute approximate surface area is 142 Å². The summed E-state index contributed by atoms with van der Waals surface area (Å²) in [4.78, 5) is 29.8. The Kier molecular flexibility index (Phi) is 8.88. The lowest BCUT2D eigenvalue weighted by atomic mass is 10.1. The molecule has 0 aliphatic carbocycles. The number of nitrogens with zero attached hydrogens (tertiary/aromatic N) is 3. The molecule has 0 saturated heterocycles. The topological polar surface area (TPSA) is 117 Å². The molecule has 1 heterocycles. The Morgan fingerprint density at radius 2 is 1.79 bits per heavy atom. The van der Waals surface area contributed by atoms with Crippen molar-refractivity contribution in [3.8, 4) is 0 Å². The fourth-order valence-electron chi connectivity index (χ4n) is 2.63. The summed E-state index contributed by atoms with van der Waals surface area (Å²) in [7, 11) is 0. The zero-order valence-corrected chi connectivity index (χ0v) is 14.0. The summed E-state index contributed by atoms with van der Waals surface area (Å²) in [5.74, 6) is -1.81. The Bertz CT molecular complexity index is 488. The van der Waals surface area contributed by atoms with Crippen LogP contribution in [0.2, 0.25) is 0 Å². The predicted molar refractivity (Wildman–Crippen MR) is 92.2 cm³/mol. The Morgan fingerprint density at radius 3 is 2.33 bits per heavy atom. The summed E-state index contributed by atoms with van der Waals surface area (Å²) in [5, 5.41) is 25.5. The first-order valence-electron chi connectivity index (χ1n) is 7.97. The number of carbonyl (C=O) groups is 2. The van der Waals surface area contributed by atoms with Gasteiger partial charge in [-0.3, -0.25) is 24.4 Å². The van der Waals surface area contributed by atoms with Gasteiger partial charge in [-0.1, -0.05) is 6.08 Å². The maximum absolute atomic E-state index is 11.0. The zero-order valence-electron chi connectivity index (χ0n) is 14.0. The molecule has 0 spiro atoms. The molecule has 1 aliphatic rings. The summed E-state index contributed by atoms with van der Waals surface area (Å²) in [6.45, 7) is 3.39. The molecule has 0 bridgehead atoms. The second-order valence-electron chi connectivity index (χ2n) is 5.98. The largest absolute Gasteiger partial charge is 0.480 e. The van der Waals surface area contributed by atoms with Crippen molar-refractivity contribution in [3.05, 3.63) is 12.2 Å². The van der Waals surface area contributed by atoms with E-state index in [4.69, 9.17) is 15.6 Å². The molecule has 0 amide bonds. The quantitative estimate of drug-likeness (QED) is 0.448. The van der Waals surface area contributed by atoms with Crippen LogP contribution in [0, 0.1) is 5.41 Å². The van der Waals surface area contributed by atoms with Crippen molar-refractivity contribution in [2.45, 2.75) is 25.8 Å². The lowest BCUT2D eigenvalue weighted by Gasteiger charge is -2.26. The van der Waals surface area contributed by atoms with Crippen molar-refractivity contribution in [3.63, 3.8) is 0 Å². The van der Waals surface area contributed by atoms with Crippen LogP contribution in [0.5, 0.6) is 0 Å². The Morgan fingerprint density at radius 1 is 1.17 bits per heavy atom. The van der Waals surface area contributed by atoms with Crippen LogP contribution >= 0.6 is 0 Å². The summed E-state index contributed by atoms with van der Waals surface area (Å²) >= 11 is 0. The second-order valence-corrected chi connectivity index (χ2v) is 5.98. The number of dihydropyridines is 1. The molecule has 3 N–H and O–H groups in total. The maximum Gasteiger partial charge on any atom is 0.317 e. The highest BCUT2D eigenvalue weighted by atomic mass is 16.4. The van der Waals surface area contributed by atoms with Crippen molar-refractivity contribution in [2.24, 2.45) is 4.99 Å². The maximum atomic E-state index is 11.0. The monoisotopic (exact) mass is 338 g/mol. The van der Waals surface area contributed by atoms with Gasteiger partial charge in [-0.25, -0.2) is 0 Å². The molecule has 1 unspecified atom stereocenters. The number of allylic oxidation sites excluding steroid dienone is 1. The van der Waals surface area contributed by atoms with Gasteiger partial charge in [-0.2, -0.15) is 0 Å². The lowest BCUT2D eigenvalue weighted by Crippen LogP contribution is -2.39. The summed E-state index contributed by atoms with van der Waals surface area (Å²) in [6, 6.07) is 0.0632. The van der Waals surface area contributed by atoms with E-state index in [9.17, 15) is 9.59 Å². The number of aliphatic imine (C=N–C) groups is 1. The molecule has 0 fully saturated rings. The molecule has 0 aromatic rings. The summed E-state index contributed by atoms with van der Waals surface area (Å²) in [5.41, 5.74) is 0.405. The molecule has 0 saturated carbocycles. The first-order valence-corrected chi connectivity index (χ1v) is 7.97. The number of nitrogens with one attached hydrogen (secondary N) is 1. The number of aliphatic carboxylic acids is 2. The molecule has 8 heteroatoms. The highest BCUT2D eigenvalue weighted by Gasteiger charge is 2.17. The Balaban J connectivity index is 2.47. The first kappa shape index (κ1) is 20.0. The first-order chi connectivity index (χ1) is 11.4. The van der Waals surface area contributed by atoms with E-state index in [1.165, 1.54) is 0 Å². The zero-order chi connectivity index (χ0) is 17.9. The number of hydrogen-bond acceptors (Lipinski definition) is 6. The molecule has 1 rings (SSSR count). The van der Waals surface area contributed by atoms with E-state index in [0.29, 0.717) is 38.3 Å². The van der Waals surface area contributed by atoms with Crippen LogP contribution in [-0.4, -0.2) is 89.2 Å². The van der Waals surface area contributed by atoms with Gasteiger partial charge in [-0.05, 0) is 25.8 Å². The van der Waals surface area contributed by atoms with Gasteiger partial charge in [0.05, 0.1) is 19.1 Å². The van der Waals surface area contributed by atoms with Crippen molar-refractivity contribution < 1.29 is 19.8 Å². The molecule has 24 heavy (non-hydrogen) atoms. The van der Waals surface area contributed by atoms with Crippen LogP contribution in [-0.2, 0) is 9.59 Å². The molecule has 1 aliphatic heterocycles. The third-order valence-electron chi connectivity index (χ3n) is 3.52.